The average molecular weight is 272 g/mol. The van der Waals surface area contributed by atoms with Crippen molar-refractivity contribution in [2.24, 2.45) is 0 Å². The Morgan fingerprint density at radius 1 is 1.30 bits per heavy atom. The van der Waals surface area contributed by atoms with E-state index in [-0.39, 0.29) is 0 Å². The minimum Gasteiger partial charge on any atom is -0.334 e. The molecule has 4 heteroatoms. The lowest BCUT2D eigenvalue weighted by Gasteiger charge is -2.13. The van der Waals surface area contributed by atoms with Crippen LogP contribution in [0.15, 0.2) is 37.1 Å². The predicted octanol–water partition coefficient (Wildman–Crippen LogP) is 2.97. The van der Waals surface area contributed by atoms with Gasteiger partial charge in [0.2, 0.25) is 0 Å². The molecule has 2 heterocycles. The molecule has 1 atom stereocenters. The fraction of sp³-hybridized carbons (Fsp3) is 0.500. The molecule has 0 spiro atoms. The van der Waals surface area contributed by atoms with Crippen LogP contribution in [-0.4, -0.2) is 21.1 Å². The summed E-state index contributed by atoms with van der Waals surface area (Å²) in [6.07, 6.45) is 9.92. The summed E-state index contributed by atoms with van der Waals surface area (Å²) in [6.45, 7) is 7.40. The summed E-state index contributed by atoms with van der Waals surface area (Å²) in [6, 6.07) is 4.07. The number of rotatable bonds is 8. The molecule has 0 fully saturated rings. The van der Waals surface area contributed by atoms with Crippen molar-refractivity contribution in [3.05, 3.63) is 48.3 Å². The number of imidazole rings is 1. The lowest BCUT2D eigenvalue weighted by Crippen LogP contribution is -2.17. The van der Waals surface area contributed by atoms with E-state index in [1.54, 1.807) is 6.20 Å². The average Bonchev–Trinajstić information content (AvgIpc) is 2.95. The van der Waals surface area contributed by atoms with Gasteiger partial charge in [-0.25, -0.2) is 4.98 Å². The highest BCUT2D eigenvalue weighted by Gasteiger charge is 2.08. The van der Waals surface area contributed by atoms with Crippen molar-refractivity contribution in [3.8, 4) is 0 Å². The van der Waals surface area contributed by atoms with E-state index >= 15 is 0 Å². The fourth-order valence-electron chi connectivity index (χ4n) is 2.25. The van der Waals surface area contributed by atoms with E-state index in [1.807, 2.05) is 24.8 Å². The van der Waals surface area contributed by atoms with Crippen LogP contribution < -0.4 is 5.32 Å². The van der Waals surface area contributed by atoms with E-state index in [1.165, 1.54) is 11.3 Å². The maximum absolute atomic E-state index is 4.27. The summed E-state index contributed by atoms with van der Waals surface area (Å²) in [5.41, 5.74) is 2.58. The lowest BCUT2D eigenvalue weighted by atomic mass is 10.1. The molecule has 2 aromatic rings. The van der Waals surface area contributed by atoms with Gasteiger partial charge in [-0.3, -0.25) is 4.98 Å². The first-order valence-electron chi connectivity index (χ1n) is 7.41. The van der Waals surface area contributed by atoms with Gasteiger partial charge in [0.15, 0.2) is 0 Å². The first-order chi connectivity index (χ1) is 9.81. The third-order valence-electron chi connectivity index (χ3n) is 3.67. The molecule has 1 unspecified atom stereocenters. The van der Waals surface area contributed by atoms with Crippen molar-refractivity contribution in [1.82, 2.24) is 19.9 Å². The lowest BCUT2D eigenvalue weighted by molar-refractivity contribution is 0.549. The molecule has 0 saturated heterocycles. The minimum absolute atomic E-state index is 0.584. The van der Waals surface area contributed by atoms with Crippen molar-refractivity contribution >= 4 is 0 Å². The normalized spacial score (nSPS) is 12.5. The zero-order valence-corrected chi connectivity index (χ0v) is 12.4. The Morgan fingerprint density at radius 3 is 2.95 bits per heavy atom. The molecular formula is C16H24N4. The predicted molar refractivity (Wildman–Crippen MR) is 81.5 cm³/mol. The fourth-order valence-corrected chi connectivity index (χ4v) is 2.25. The van der Waals surface area contributed by atoms with Gasteiger partial charge in [-0.1, -0.05) is 19.9 Å². The van der Waals surface area contributed by atoms with Crippen molar-refractivity contribution in [1.29, 1.82) is 0 Å². The van der Waals surface area contributed by atoms with E-state index in [4.69, 9.17) is 0 Å². The maximum atomic E-state index is 4.27. The van der Waals surface area contributed by atoms with Crippen LogP contribution in [0.25, 0.3) is 0 Å². The Hall–Kier alpha value is -1.68. The van der Waals surface area contributed by atoms with Gasteiger partial charge in [0.05, 0.1) is 6.33 Å². The van der Waals surface area contributed by atoms with Crippen LogP contribution in [0.1, 0.15) is 43.9 Å². The van der Waals surface area contributed by atoms with Gasteiger partial charge in [-0.05, 0) is 36.9 Å². The van der Waals surface area contributed by atoms with Crippen molar-refractivity contribution in [2.75, 3.05) is 6.54 Å². The van der Waals surface area contributed by atoms with E-state index in [9.17, 15) is 0 Å². The summed E-state index contributed by atoms with van der Waals surface area (Å²) in [7, 11) is 0. The summed E-state index contributed by atoms with van der Waals surface area (Å²) in [5.74, 6) is 0.584. The van der Waals surface area contributed by atoms with Crippen molar-refractivity contribution in [2.45, 2.75) is 45.7 Å². The van der Waals surface area contributed by atoms with Crippen LogP contribution in [0.3, 0.4) is 0 Å². The summed E-state index contributed by atoms with van der Waals surface area (Å²) in [4.78, 5) is 8.38. The second-order valence-corrected chi connectivity index (χ2v) is 5.21. The van der Waals surface area contributed by atoms with Gasteiger partial charge in [-0.15, -0.1) is 0 Å². The van der Waals surface area contributed by atoms with Gasteiger partial charge < -0.3 is 9.88 Å². The number of pyridine rings is 1. The molecule has 108 valence electrons. The molecule has 0 amide bonds. The Balaban J connectivity index is 1.70. The van der Waals surface area contributed by atoms with E-state index in [0.717, 1.165) is 32.5 Å². The van der Waals surface area contributed by atoms with E-state index in [2.05, 4.69) is 39.8 Å². The molecule has 0 aliphatic heterocycles. The van der Waals surface area contributed by atoms with Crippen LogP contribution >= 0.6 is 0 Å². The van der Waals surface area contributed by atoms with Crippen LogP contribution in [0, 0.1) is 0 Å². The zero-order chi connectivity index (χ0) is 14.2. The molecule has 0 aliphatic rings. The molecule has 4 nitrogen and oxygen atoms in total. The number of aromatic nitrogens is 3. The molecule has 2 rings (SSSR count). The Bertz CT molecular complexity index is 492. The van der Waals surface area contributed by atoms with Crippen molar-refractivity contribution < 1.29 is 0 Å². The zero-order valence-electron chi connectivity index (χ0n) is 12.4. The topological polar surface area (TPSA) is 42.7 Å². The largest absolute Gasteiger partial charge is 0.334 e. The molecule has 0 radical (unpaired) electrons. The van der Waals surface area contributed by atoms with Crippen LogP contribution in [-0.2, 0) is 13.1 Å². The molecule has 0 bridgehead atoms. The third kappa shape index (κ3) is 4.17. The SMILES string of the molecule is CCC(C)c1cncn1CCCNCc1cccnc1. The highest BCUT2D eigenvalue weighted by atomic mass is 15.0. The molecule has 1 N–H and O–H groups in total. The second kappa shape index (κ2) is 7.80. The van der Waals surface area contributed by atoms with Crippen LogP contribution in [0.4, 0.5) is 0 Å². The highest BCUT2D eigenvalue weighted by molar-refractivity contribution is 5.07. The van der Waals surface area contributed by atoms with Gasteiger partial charge in [0.25, 0.3) is 0 Å². The Labute approximate surface area is 121 Å². The first-order valence-corrected chi connectivity index (χ1v) is 7.41. The van der Waals surface area contributed by atoms with Gasteiger partial charge in [-0.2, -0.15) is 0 Å². The van der Waals surface area contributed by atoms with Gasteiger partial charge >= 0.3 is 0 Å². The van der Waals surface area contributed by atoms with E-state index in [0.29, 0.717) is 5.92 Å². The molecule has 0 saturated carbocycles. The second-order valence-electron chi connectivity index (χ2n) is 5.21. The number of nitrogens with zero attached hydrogens (tertiary/aromatic N) is 3. The maximum Gasteiger partial charge on any atom is 0.0948 e. The monoisotopic (exact) mass is 272 g/mol. The molecular weight excluding hydrogens is 248 g/mol. The standard InChI is InChI=1S/C16H24N4/c1-3-14(2)16-12-19-13-20(16)9-5-8-18-11-15-6-4-7-17-10-15/h4,6-7,10,12-14,18H,3,5,8-9,11H2,1-2H3. The molecule has 0 aliphatic carbocycles. The number of aryl methyl sites for hydroxylation is 1. The van der Waals surface area contributed by atoms with Crippen molar-refractivity contribution in [3.63, 3.8) is 0 Å². The number of nitrogens with one attached hydrogen (secondary N) is 1. The third-order valence-corrected chi connectivity index (χ3v) is 3.67. The number of hydrogen-bond donors (Lipinski definition) is 1. The molecule has 0 aromatic carbocycles. The quantitative estimate of drug-likeness (QED) is 0.751. The van der Waals surface area contributed by atoms with Gasteiger partial charge in [0.1, 0.15) is 0 Å². The smallest absolute Gasteiger partial charge is 0.0948 e. The molecule has 2 aromatic heterocycles. The van der Waals surface area contributed by atoms with Crippen LogP contribution in [0.5, 0.6) is 0 Å². The molecule has 20 heavy (non-hydrogen) atoms. The van der Waals surface area contributed by atoms with Crippen LogP contribution in [0.2, 0.25) is 0 Å². The Morgan fingerprint density at radius 2 is 2.20 bits per heavy atom. The summed E-state index contributed by atoms with van der Waals surface area (Å²) in [5, 5.41) is 3.45. The highest BCUT2D eigenvalue weighted by Crippen LogP contribution is 2.17. The first kappa shape index (κ1) is 14.7. The Kier molecular flexibility index (Phi) is 5.74. The summed E-state index contributed by atoms with van der Waals surface area (Å²) < 4.78 is 2.28. The minimum atomic E-state index is 0.584. The number of hydrogen-bond acceptors (Lipinski definition) is 3. The summed E-state index contributed by atoms with van der Waals surface area (Å²) >= 11 is 0. The van der Waals surface area contributed by atoms with Gasteiger partial charge in [0, 0.05) is 37.4 Å². The van der Waals surface area contributed by atoms with E-state index < -0.39 is 0 Å².